The molecule has 2 aliphatic rings. The highest BCUT2D eigenvalue weighted by Gasteiger charge is 2.54. The van der Waals surface area contributed by atoms with Crippen LogP contribution < -0.4 is 5.73 Å². The van der Waals surface area contributed by atoms with Crippen LogP contribution in [0.1, 0.15) is 74.0 Å². The van der Waals surface area contributed by atoms with Gasteiger partial charge in [0.1, 0.15) is 6.29 Å². The smallest absolute Gasteiger partial charge is 0.404 e. The van der Waals surface area contributed by atoms with Crippen molar-refractivity contribution in [3.8, 4) is 0 Å². The van der Waals surface area contributed by atoms with Gasteiger partial charge in [0.2, 0.25) is 0 Å². The molecule has 1 heterocycles. The number of nitrogens with two attached hydrogens (primary N) is 1. The van der Waals surface area contributed by atoms with Gasteiger partial charge < -0.3 is 20.5 Å². The van der Waals surface area contributed by atoms with Crippen molar-refractivity contribution in [2.75, 3.05) is 0 Å². The zero-order valence-electron chi connectivity index (χ0n) is 20.4. The summed E-state index contributed by atoms with van der Waals surface area (Å²) in [6.45, 7) is 8.32. The summed E-state index contributed by atoms with van der Waals surface area (Å²) in [4.78, 5) is 11.3. The van der Waals surface area contributed by atoms with E-state index in [9.17, 15) is 4.79 Å². The lowest BCUT2D eigenvalue weighted by Crippen LogP contribution is -2.41. The minimum atomic E-state index is -0.447. The molecule has 2 aromatic rings. The maximum absolute atomic E-state index is 11.3. The van der Waals surface area contributed by atoms with E-state index in [1.54, 1.807) is 0 Å². The van der Waals surface area contributed by atoms with E-state index in [0.717, 1.165) is 46.9 Å². The fraction of sp³-hybridized carbons (Fsp3) is 0.357. The number of rotatable bonds is 7. The molecule has 0 atom stereocenters. The molecule has 176 valence electrons. The Morgan fingerprint density at radius 2 is 1.44 bits per heavy atom. The van der Waals surface area contributed by atoms with Gasteiger partial charge in [-0.15, -0.1) is 0 Å². The van der Waals surface area contributed by atoms with Crippen LogP contribution in [0.25, 0.3) is 11.1 Å². The Hall–Kier alpha value is -2.96. The topological polar surface area (TPSA) is 85.4 Å². The van der Waals surface area contributed by atoms with Gasteiger partial charge in [-0.1, -0.05) is 55.0 Å². The van der Waals surface area contributed by atoms with E-state index in [2.05, 4.69) is 39.8 Å². The Bertz CT molecular complexity index is 1110. The highest BCUT2D eigenvalue weighted by atomic mass is 16.7. The first-order valence-corrected chi connectivity index (χ1v) is 11.9. The molecule has 1 aliphatic heterocycles. The first-order chi connectivity index (χ1) is 16.2. The van der Waals surface area contributed by atoms with Crippen molar-refractivity contribution in [3.63, 3.8) is 0 Å². The van der Waals surface area contributed by atoms with Gasteiger partial charge in [0.05, 0.1) is 11.2 Å². The van der Waals surface area contributed by atoms with Crippen LogP contribution in [0.2, 0.25) is 0 Å². The second kappa shape index (κ2) is 9.36. The van der Waals surface area contributed by atoms with Crippen LogP contribution in [0.5, 0.6) is 0 Å². The molecule has 0 unspecified atom stereocenters. The van der Waals surface area contributed by atoms with Crippen molar-refractivity contribution >= 4 is 30.8 Å². The summed E-state index contributed by atoms with van der Waals surface area (Å²) in [6, 6.07) is 15.8. The molecule has 5 nitrogen and oxygen atoms in total. The Labute approximate surface area is 202 Å². The zero-order chi connectivity index (χ0) is 24.5. The van der Waals surface area contributed by atoms with Gasteiger partial charge in [0, 0.05) is 23.6 Å². The molecule has 4 rings (SSSR count). The zero-order valence-corrected chi connectivity index (χ0v) is 20.4. The summed E-state index contributed by atoms with van der Waals surface area (Å²) in [5, 5.41) is 7.61. The van der Waals surface area contributed by atoms with Crippen LogP contribution in [0, 0.1) is 11.3 Å². The summed E-state index contributed by atoms with van der Waals surface area (Å²) in [5.74, 6) is 0.371. The van der Waals surface area contributed by atoms with Crippen LogP contribution in [0.15, 0.2) is 60.2 Å². The van der Waals surface area contributed by atoms with E-state index < -0.39 is 18.3 Å². The summed E-state index contributed by atoms with van der Waals surface area (Å²) >= 11 is 0. The van der Waals surface area contributed by atoms with Gasteiger partial charge in [0.25, 0.3) is 0 Å². The molecule has 3 N–H and O–H groups in total. The number of nitrogens with one attached hydrogen (secondary N) is 1. The van der Waals surface area contributed by atoms with Crippen molar-refractivity contribution in [3.05, 3.63) is 82.5 Å². The van der Waals surface area contributed by atoms with Crippen LogP contribution in [-0.2, 0) is 9.31 Å². The molecule has 0 spiro atoms. The molecule has 0 aromatic heterocycles. The first kappa shape index (κ1) is 24.2. The minimum Gasteiger partial charge on any atom is -0.404 e. The molecule has 0 amide bonds. The molecule has 6 heteroatoms. The first-order valence-electron chi connectivity index (χ1n) is 11.9. The molecule has 0 bridgehead atoms. The van der Waals surface area contributed by atoms with E-state index in [1.165, 1.54) is 18.8 Å². The second-order valence-electron chi connectivity index (χ2n) is 10.1. The molecule has 34 heavy (non-hydrogen) atoms. The molecule has 2 aromatic carbocycles. The molecule has 1 aliphatic carbocycles. The highest BCUT2D eigenvalue weighted by Crippen LogP contribution is 2.47. The molecule has 1 saturated carbocycles. The van der Waals surface area contributed by atoms with E-state index in [1.807, 2.05) is 36.4 Å². The molecular formula is C28H33BN2O3. The van der Waals surface area contributed by atoms with Crippen LogP contribution >= 0.6 is 0 Å². The van der Waals surface area contributed by atoms with E-state index in [-0.39, 0.29) is 0 Å². The minimum absolute atomic E-state index is 0.371. The molecular weight excluding hydrogens is 423 g/mol. The lowest BCUT2D eigenvalue weighted by atomic mass is 9.60. The van der Waals surface area contributed by atoms with E-state index in [4.69, 9.17) is 20.5 Å². The Kier molecular flexibility index (Phi) is 6.65. The number of aldehydes is 1. The van der Waals surface area contributed by atoms with Gasteiger partial charge >= 0.3 is 7.12 Å². The normalized spacial score (nSPS) is 20.5. The molecule has 1 saturated heterocycles. The summed E-state index contributed by atoms with van der Waals surface area (Å²) in [6.07, 6.45) is 6.95. The monoisotopic (exact) mass is 456 g/mol. The van der Waals surface area contributed by atoms with Crippen LogP contribution in [0.3, 0.4) is 0 Å². The van der Waals surface area contributed by atoms with Gasteiger partial charge in [-0.2, -0.15) is 0 Å². The standard InChI is InChI=1S/C28H33BN2O3/c1-27(2)28(3,4)34-29(33-27)26(23-6-5-7-23)25(21-10-8-19(18-32)9-11-21)22-14-12-20(13-15-22)24(16-30)17-31/h8-18,23,30H,5-7,31H2,1-4H3/b24-17+,26-25+,30-16?. The number of benzene rings is 2. The third-order valence-corrected chi connectivity index (χ3v) is 7.52. The fourth-order valence-corrected chi connectivity index (χ4v) is 4.49. The Morgan fingerprint density at radius 3 is 1.85 bits per heavy atom. The SMILES string of the molecule is CC1(C)OB(/C(=C(\c2ccc(C=O)cc2)c2ccc(/C(C=N)=C/N)cc2)C2CCC2)OC1(C)C. The Balaban J connectivity index is 1.90. The van der Waals surface area contributed by atoms with Gasteiger partial charge in [0.15, 0.2) is 0 Å². The van der Waals surface area contributed by atoms with Crippen molar-refractivity contribution in [2.45, 2.75) is 58.2 Å². The summed E-state index contributed by atoms with van der Waals surface area (Å²) in [7, 11) is -0.447. The largest absolute Gasteiger partial charge is 0.491 e. The predicted molar refractivity (Wildman–Crippen MR) is 139 cm³/mol. The van der Waals surface area contributed by atoms with Gasteiger partial charge in [-0.05, 0) is 74.2 Å². The second-order valence-corrected chi connectivity index (χ2v) is 10.1. The van der Waals surface area contributed by atoms with Crippen molar-refractivity contribution in [1.82, 2.24) is 0 Å². The fourth-order valence-electron chi connectivity index (χ4n) is 4.49. The number of carbonyl (C=O) groups excluding carboxylic acids is 1. The third-order valence-electron chi connectivity index (χ3n) is 7.52. The number of hydrogen-bond donors (Lipinski definition) is 2. The molecule has 0 radical (unpaired) electrons. The van der Waals surface area contributed by atoms with Gasteiger partial charge in [-0.3, -0.25) is 4.79 Å². The highest BCUT2D eigenvalue weighted by molar-refractivity contribution is 6.56. The van der Waals surface area contributed by atoms with Gasteiger partial charge in [-0.25, -0.2) is 0 Å². The van der Waals surface area contributed by atoms with Crippen LogP contribution in [-0.4, -0.2) is 30.8 Å². The average molecular weight is 456 g/mol. The van der Waals surface area contributed by atoms with E-state index >= 15 is 0 Å². The lowest BCUT2D eigenvalue weighted by Gasteiger charge is -2.32. The van der Waals surface area contributed by atoms with Crippen molar-refractivity contribution in [1.29, 1.82) is 5.41 Å². The Morgan fingerprint density at radius 1 is 0.941 bits per heavy atom. The number of carbonyl (C=O) groups is 1. The number of hydrogen-bond acceptors (Lipinski definition) is 5. The third kappa shape index (κ3) is 4.40. The van der Waals surface area contributed by atoms with Crippen LogP contribution in [0.4, 0.5) is 0 Å². The maximum atomic E-state index is 11.3. The quantitative estimate of drug-likeness (QED) is 0.319. The van der Waals surface area contributed by atoms with E-state index in [0.29, 0.717) is 17.1 Å². The summed E-state index contributed by atoms with van der Waals surface area (Å²) < 4.78 is 13.1. The summed E-state index contributed by atoms with van der Waals surface area (Å²) in [5.41, 5.74) is 11.3. The number of allylic oxidation sites excluding steroid dienone is 2. The average Bonchev–Trinajstić information content (AvgIpc) is 3.01. The maximum Gasteiger partial charge on any atom is 0.491 e. The molecule has 2 fully saturated rings. The van der Waals surface area contributed by atoms with Crippen molar-refractivity contribution < 1.29 is 14.1 Å². The van der Waals surface area contributed by atoms with Crippen molar-refractivity contribution in [2.24, 2.45) is 11.7 Å². The lowest BCUT2D eigenvalue weighted by molar-refractivity contribution is 0.00578. The predicted octanol–water partition coefficient (Wildman–Crippen LogP) is 5.68.